The summed E-state index contributed by atoms with van der Waals surface area (Å²) in [5, 5.41) is 0. The van der Waals surface area contributed by atoms with E-state index in [9.17, 15) is 8.42 Å². The second kappa shape index (κ2) is 5.98. The Morgan fingerprint density at radius 1 is 1.38 bits per heavy atom. The molecule has 3 N–H and O–H groups in total. The molecule has 0 aliphatic heterocycles. The molecular formula is C11H24N2O2S. The zero-order valence-corrected chi connectivity index (χ0v) is 11.1. The van der Waals surface area contributed by atoms with Gasteiger partial charge in [-0.3, -0.25) is 0 Å². The quantitative estimate of drug-likeness (QED) is 0.739. The SMILES string of the molecule is CC(C)CCS(=O)(=O)NCC1CCCC1N. The van der Waals surface area contributed by atoms with Crippen molar-refractivity contribution in [2.24, 2.45) is 17.6 Å². The normalized spacial score (nSPS) is 26.5. The van der Waals surface area contributed by atoms with Gasteiger partial charge in [0.15, 0.2) is 0 Å². The van der Waals surface area contributed by atoms with Gasteiger partial charge in [0.25, 0.3) is 0 Å². The Bertz CT molecular complexity index is 301. The number of nitrogens with two attached hydrogens (primary N) is 1. The lowest BCUT2D eigenvalue weighted by Gasteiger charge is -2.16. The van der Waals surface area contributed by atoms with Crippen LogP contribution < -0.4 is 10.5 Å². The van der Waals surface area contributed by atoms with Crippen molar-refractivity contribution in [1.82, 2.24) is 4.72 Å². The van der Waals surface area contributed by atoms with E-state index in [1.54, 1.807) is 0 Å². The van der Waals surface area contributed by atoms with Crippen molar-refractivity contribution in [3.63, 3.8) is 0 Å². The van der Waals surface area contributed by atoms with E-state index in [1.807, 2.05) is 13.8 Å². The van der Waals surface area contributed by atoms with E-state index in [1.165, 1.54) is 0 Å². The van der Waals surface area contributed by atoms with Crippen LogP contribution in [0, 0.1) is 11.8 Å². The molecule has 4 nitrogen and oxygen atoms in total. The average molecular weight is 248 g/mol. The zero-order chi connectivity index (χ0) is 12.2. The molecular weight excluding hydrogens is 224 g/mol. The maximum absolute atomic E-state index is 11.6. The molecule has 1 aliphatic rings. The Balaban J connectivity index is 2.30. The Morgan fingerprint density at radius 3 is 2.56 bits per heavy atom. The van der Waals surface area contributed by atoms with Crippen molar-refractivity contribution in [1.29, 1.82) is 0 Å². The summed E-state index contributed by atoms with van der Waals surface area (Å²) >= 11 is 0. The fraction of sp³-hybridized carbons (Fsp3) is 1.00. The molecule has 0 saturated heterocycles. The minimum Gasteiger partial charge on any atom is -0.327 e. The van der Waals surface area contributed by atoms with Gasteiger partial charge in [-0.15, -0.1) is 0 Å². The molecule has 1 rings (SSSR count). The van der Waals surface area contributed by atoms with Crippen LogP contribution in [0.4, 0.5) is 0 Å². The summed E-state index contributed by atoms with van der Waals surface area (Å²) in [6, 6.07) is 0.174. The van der Waals surface area contributed by atoms with Crippen LogP contribution in [0.3, 0.4) is 0 Å². The van der Waals surface area contributed by atoms with Gasteiger partial charge in [0.2, 0.25) is 10.0 Å². The largest absolute Gasteiger partial charge is 0.327 e. The van der Waals surface area contributed by atoms with Gasteiger partial charge < -0.3 is 5.73 Å². The van der Waals surface area contributed by atoms with Crippen LogP contribution in [0.5, 0.6) is 0 Å². The first-order valence-electron chi connectivity index (χ1n) is 6.13. The average Bonchev–Trinajstić information content (AvgIpc) is 2.59. The second-order valence-corrected chi connectivity index (χ2v) is 7.13. The molecule has 0 heterocycles. The molecule has 2 atom stereocenters. The maximum atomic E-state index is 11.6. The lowest BCUT2D eigenvalue weighted by Crippen LogP contribution is -2.37. The lowest BCUT2D eigenvalue weighted by atomic mass is 10.1. The first kappa shape index (κ1) is 13.9. The topological polar surface area (TPSA) is 72.2 Å². The molecule has 96 valence electrons. The highest BCUT2D eigenvalue weighted by atomic mass is 32.2. The van der Waals surface area contributed by atoms with E-state index >= 15 is 0 Å². The van der Waals surface area contributed by atoms with E-state index in [4.69, 9.17) is 5.73 Å². The van der Waals surface area contributed by atoms with Crippen molar-refractivity contribution in [2.75, 3.05) is 12.3 Å². The van der Waals surface area contributed by atoms with Gasteiger partial charge in [-0.1, -0.05) is 20.3 Å². The van der Waals surface area contributed by atoms with Gasteiger partial charge >= 0.3 is 0 Å². The van der Waals surface area contributed by atoms with Crippen LogP contribution in [0.15, 0.2) is 0 Å². The third-order valence-electron chi connectivity index (χ3n) is 3.25. The van der Waals surface area contributed by atoms with E-state index in [0.29, 0.717) is 24.8 Å². The standard InChI is InChI=1S/C11H24N2O2S/c1-9(2)6-7-16(14,15)13-8-10-4-3-5-11(10)12/h9-11,13H,3-8,12H2,1-2H3. The molecule has 0 bridgehead atoms. The Morgan fingerprint density at radius 2 is 2.06 bits per heavy atom. The minimum absolute atomic E-state index is 0.174. The summed E-state index contributed by atoms with van der Waals surface area (Å²) in [6.07, 6.45) is 3.91. The van der Waals surface area contributed by atoms with E-state index in [2.05, 4.69) is 4.72 Å². The number of sulfonamides is 1. The summed E-state index contributed by atoms with van der Waals surface area (Å²) in [4.78, 5) is 0. The summed E-state index contributed by atoms with van der Waals surface area (Å²) in [7, 11) is -3.09. The fourth-order valence-corrected chi connectivity index (χ4v) is 3.41. The highest BCUT2D eigenvalue weighted by Crippen LogP contribution is 2.23. The molecule has 0 spiro atoms. The summed E-state index contributed by atoms with van der Waals surface area (Å²) < 4.78 is 26.0. The van der Waals surface area contributed by atoms with Crippen molar-refractivity contribution < 1.29 is 8.42 Å². The van der Waals surface area contributed by atoms with E-state index < -0.39 is 10.0 Å². The highest BCUT2D eigenvalue weighted by molar-refractivity contribution is 7.89. The van der Waals surface area contributed by atoms with Gasteiger partial charge in [-0.2, -0.15) is 0 Å². The maximum Gasteiger partial charge on any atom is 0.211 e. The first-order valence-corrected chi connectivity index (χ1v) is 7.79. The van der Waals surface area contributed by atoms with E-state index in [0.717, 1.165) is 19.3 Å². The molecule has 16 heavy (non-hydrogen) atoms. The lowest BCUT2D eigenvalue weighted by molar-refractivity contribution is 0.468. The Kier molecular flexibility index (Phi) is 5.21. The molecule has 2 unspecified atom stereocenters. The van der Waals surface area contributed by atoms with Crippen LogP contribution in [0.1, 0.15) is 39.5 Å². The fourth-order valence-electron chi connectivity index (χ4n) is 2.02. The van der Waals surface area contributed by atoms with Crippen molar-refractivity contribution in [3.05, 3.63) is 0 Å². The van der Waals surface area contributed by atoms with Crippen molar-refractivity contribution in [2.45, 2.75) is 45.6 Å². The third-order valence-corrected chi connectivity index (χ3v) is 4.63. The van der Waals surface area contributed by atoms with Crippen LogP contribution >= 0.6 is 0 Å². The highest BCUT2D eigenvalue weighted by Gasteiger charge is 2.25. The molecule has 0 aromatic rings. The van der Waals surface area contributed by atoms with Crippen LogP contribution in [0.25, 0.3) is 0 Å². The number of nitrogens with one attached hydrogen (secondary N) is 1. The molecule has 5 heteroatoms. The Hall–Kier alpha value is -0.130. The molecule has 0 radical (unpaired) electrons. The smallest absolute Gasteiger partial charge is 0.211 e. The van der Waals surface area contributed by atoms with Crippen molar-refractivity contribution in [3.8, 4) is 0 Å². The van der Waals surface area contributed by atoms with Crippen LogP contribution in [0.2, 0.25) is 0 Å². The number of hydrogen-bond acceptors (Lipinski definition) is 3. The predicted molar refractivity (Wildman–Crippen MR) is 66.6 cm³/mol. The molecule has 0 amide bonds. The zero-order valence-electron chi connectivity index (χ0n) is 10.3. The minimum atomic E-state index is -3.09. The van der Waals surface area contributed by atoms with Crippen LogP contribution in [-0.2, 0) is 10.0 Å². The Labute approximate surface area is 99.0 Å². The monoisotopic (exact) mass is 248 g/mol. The summed E-state index contributed by atoms with van der Waals surface area (Å²) in [6.45, 7) is 4.58. The third kappa shape index (κ3) is 4.80. The predicted octanol–water partition coefficient (Wildman–Crippen LogP) is 1.08. The van der Waals surface area contributed by atoms with Gasteiger partial charge in [0, 0.05) is 12.6 Å². The summed E-state index contributed by atoms with van der Waals surface area (Å²) in [5.41, 5.74) is 5.90. The summed E-state index contributed by atoms with van der Waals surface area (Å²) in [5.74, 6) is 0.978. The molecule has 1 aliphatic carbocycles. The molecule has 0 aromatic carbocycles. The van der Waals surface area contributed by atoms with Gasteiger partial charge in [-0.25, -0.2) is 13.1 Å². The van der Waals surface area contributed by atoms with Gasteiger partial charge in [-0.05, 0) is 31.1 Å². The van der Waals surface area contributed by atoms with Gasteiger partial charge in [0.05, 0.1) is 5.75 Å². The van der Waals surface area contributed by atoms with Crippen molar-refractivity contribution >= 4 is 10.0 Å². The molecule has 0 aromatic heterocycles. The number of rotatable bonds is 6. The van der Waals surface area contributed by atoms with Crippen LogP contribution in [-0.4, -0.2) is 26.8 Å². The number of hydrogen-bond donors (Lipinski definition) is 2. The molecule has 1 saturated carbocycles. The molecule has 1 fully saturated rings. The second-order valence-electron chi connectivity index (χ2n) is 5.20. The van der Waals surface area contributed by atoms with Gasteiger partial charge in [0.1, 0.15) is 0 Å². The first-order chi connectivity index (χ1) is 7.41. The van der Waals surface area contributed by atoms with E-state index in [-0.39, 0.29) is 11.8 Å².